The number of amides is 1. The normalized spacial score (nSPS) is 18.1. The van der Waals surface area contributed by atoms with Gasteiger partial charge in [-0.05, 0) is 25.8 Å². The van der Waals surface area contributed by atoms with Crippen LogP contribution >= 0.6 is 0 Å². The summed E-state index contributed by atoms with van der Waals surface area (Å²) in [5.41, 5.74) is 0. The number of rotatable bonds is 3. The number of nitrogens with zero attached hydrogens (tertiary/aromatic N) is 5. The molecule has 0 aromatic carbocycles. The third-order valence-electron chi connectivity index (χ3n) is 3.83. The molecule has 0 aliphatic carbocycles. The Morgan fingerprint density at radius 2 is 2.25 bits per heavy atom. The van der Waals surface area contributed by atoms with Crippen LogP contribution in [0.4, 0.5) is 0 Å². The van der Waals surface area contributed by atoms with Crippen LogP contribution in [0.3, 0.4) is 0 Å². The van der Waals surface area contributed by atoms with E-state index in [0.29, 0.717) is 0 Å². The lowest BCUT2D eigenvalue weighted by molar-refractivity contribution is -0.135. The summed E-state index contributed by atoms with van der Waals surface area (Å²) in [6, 6.07) is 1.57. The number of carbonyl (C=O) groups excluding carboxylic acids is 1. The van der Waals surface area contributed by atoms with Crippen molar-refractivity contribution in [3.05, 3.63) is 30.7 Å². The van der Waals surface area contributed by atoms with Crippen LogP contribution in [0.25, 0.3) is 0 Å². The molecule has 1 atom stereocenters. The Bertz CT molecular complexity index is 543. The minimum absolute atomic E-state index is 0.111. The highest BCUT2D eigenvalue weighted by Gasteiger charge is 2.29. The van der Waals surface area contributed by atoms with Gasteiger partial charge in [0.25, 0.3) is 0 Å². The summed E-state index contributed by atoms with van der Waals surface area (Å²) in [6.07, 6.45) is 6.60. The Kier molecular flexibility index (Phi) is 3.49. The highest BCUT2D eigenvalue weighted by molar-refractivity contribution is 5.80. The summed E-state index contributed by atoms with van der Waals surface area (Å²) >= 11 is 0. The molecular weight excluding hydrogens is 258 g/mol. The molecule has 3 rings (SSSR count). The maximum Gasteiger partial charge on any atom is 0.247 e. The average Bonchev–Trinajstić information content (AvgIpc) is 3.18. The van der Waals surface area contributed by atoms with Crippen LogP contribution in [0.1, 0.15) is 37.5 Å². The van der Waals surface area contributed by atoms with Gasteiger partial charge >= 0.3 is 0 Å². The maximum absolute atomic E-state index is 12.4. The smallest absolute Gasteiger partial charge is 0.247 e. The van der Waals surface area contributed by atoms with Crippen LogP contribution in [0.2, 0.25) is 0 Å². The predicted molar refractivity (Wildman–Crippen MR) is 69.8 cm³/mol. The van der Waals surface area contributed by atoms with Gasteiger partial charge in [-0.3, -0.25) is 9.48 Å². The molecule has 2 aromatic rings. The summed E-state index contributed by atoms with van der Waals surface area (Å²) in [5, 5.41) is 8.01. The van der Waals surface area contributed by atoms with Crippen molar-refractivity contribution < 1.29 is 9.32 Å². The lowest BCUT2D eigenvalue weighted by atomic mass is 9.96. The number of hydrogen-bond donors (Lipinski definition) is 0. The van der Waals surface area contributed by atoms with E-state index in [1.807, 2.05) is 24.1 Å². The van der Waals surface area contributed by atoms with Gasteiger partial charge in [-0.2, -0.15) is 10.1 Å². The first kappa shape index (κ1) is 12.8. The first-order chi connectivity index (χ1) is 9.75. The predicted octanol–water partition coefficient (Wildman–Crippen LogP) is 1.23. The molecule has 1 aliphatic rings. The molecule has 20 heavy (non-hydrogen) atoms. The van der Waals surface area contributed by atoms with Crippen molar-refractivity contribution in [1.82, 2.24) is 24.8 Å². The summed E-state index contributed by atoms with van der Waals surface area (Å²) in [4.78, 5) is 18.4. The molecule has 0 unspecified atom stereocenters. The average molecular weight is 275 g/mol. The lowest BCUT2D eigenvalue weighted by Crippen LogP contribution is -2.41. The minimum Gasteiger partial charge on any atom is -0.343 e. The molecule has 1 aliphatic heterocycles. The zero-order valence-corrected chi connectivity index (χ0v) is 11.3. The fourth-order valence-corrected chi connectivity index (χ4v) is 2.60. The van der Waals surface area contributed by atoms with E-state index in [4.69, 9.17) is 4.52 Å². The molecule has 0 spiro atoms. The lowest BCUT2D eigenvalue weighted by Gasteiger charge is -2.32. The first-order valence-electron chi connectivity index (χ1n) is 6.80. The van der Waals surface area contributed by atoms with E-state index in [9.17, 15) is 4.79 Å². The van der Waals surface area contributed by atoms with Gasteiger partial charge in [-0.25, -0.2) is 0 Å². The van der Waals surface area contributed by atoms with Crippen molar-refractivity contribution in [2.24, 2.45) is 0 Å². The summed E-state index contributed by atoms with van der Waals surface area (Å²) < 4.78 is 6.46. The van der Waals surface area contributed by atoms with Crippen molar-refractivity contribution >= 4 is 5.91 Å². The monoisotopic (exact) mass is 275 g/mol. The molecule has 0 saturated carbocycles. The Hall–Kier alpha value is -2.18. The molecule has 1 fully saturated rings. The number of carbonyl (C=O) groups is 1. The van der Waals surface area contributed by atoms with Crippen LogP contribution in [0, 0.1) is 0 Å². The highest BCUT2D eigenvalue weighted by atomic mass is 16.5. The van der Waals surface area contributed by atoms with Gasteiger partial charge in [0.1, 0.15) is 6.04 Å². The van der Waals surface area contributed by atoms with E-state index in [-0.39, 0.29) is 17.9 Å². The number of piperidine rings is 1. The molecule has 1 saturated heterocycles. The Labute approximate surface area is 116 Å². The van der Waals surface area contributed by atoms with E-state index in [1.165, 1.54) is 6.39 Å². The zero-order valence-electron chi connectivity index (χ0n) is 11.3. The molecule has 0 bridgehead atoms. The molecule has 0 N–H and O–H groups in total. The van der Waals surface area contributed by atoms with Gasteiger partial charge in [-0.15, -0.1) is 0 Å². The van der Waals surface area contributed by atoms with Gasteiger partial charge in [0.05, 0.1) is 0 Å². The van der Waals surface area contributed by atoms with Crippen LogP contribution < -0.4 is 0 Å². The van der Waals surface area contributed by atoms with Crippen molar-refractivity contribution in [2.45, 2.75) is 31.7 Å². The fourth-order valence-electron chi connectivity index (χ4n) is 2.60. The second kappa shape index (κ2) is 5.44. The third kappa shape index (κ3) is 2.43. The van der Waals surface area contributed by atoms with E-state index in [2.05, 4.69) is 15.2 Å². The molecule has 0 radical (unpaired) electrons. The summed E-state index contributed by atoms with van der Waals surface area (Å²) in [6.45, 7) is 3.33. The third-order valence-corrected chi connectivity index (χ3v) is 3.83. The van der Waals surface area contributed by atoms with Gasteiger partial charge in [-0.1, -0.05) is 5.16 Å². The van der Waals surface area contributed by atoms with Gasteiger partial charge < -0.3 is 9.42 Å². The van der Waals surface area contributed by atoms with E-state index >= 15 is 0 Å². The molecule has 1 amide bonds. The minimum atomic E-state index is -0.258. The zero-order chi connectivity index (χ0) is 13.9. The molecule has 2 aromatic heterocycles. The van der Waals surface area contributed by atoms with Crippen LogP contribution in [-0.2, 0) is 4.79 Å². The Morgan fingerprint density at radius 3 is 2.85 bits per heavy atom. The van der Waals surface area contributed by atoms with Gasteiger partial charge in [0.15, 0.2) is 5.82 Å². The van der Waals surface area contributed by atoms with Crippen LogP contribution in [0.5, 0.6) is 0 Å². The highest BCUT2D eigenvalue weighted by Crippen LogP contribution is 2.26. The van der Waals surface area contributed by atoms with Crippen molar-refractivity contribution in [2.75, 3.05) is 13.1 Å². The molecule has 7 heteroatoms. The summed E-state index contributed by atoms with van der Waals surface area (Å²) in [5.74, 6) is 1.15. The van der Waals surface area contributed by atoms with Crippen LogP contribution in [0.15, 0.2) is 29.4 Å². The van der Waals surface area contributed by atoms with Crippen molar-refractivity contribution in [3.8, 4) is 0 Å². The standard InChI is InChI=1S/C13H17N5O2/c1-10(18-6-2-5-15-18)13(19)17-7-3-11(4-8-17)12-14-9-20-16-12/h2,5-6,9-11H,3-4,7-8H2,1H3/t10-/m1/s1. The molecule has 3 heterocycles. The Balaban J connectivity index is 1.59. The second-order valence-corrected chi connectivity index (χ2v) is 5.05. The fraction of sp³-hybridized carbons (Fsp3) is 0.538. The van der Waals surface area contributed by atoms with E-state index in [0.717, 1.165) is 31.8 Å². The Morgan fingerprint density at radius 1 is 1.45 bits per heavy atom. The number of likely N-dealkylation sites (tertiary alicyclic amines) is 1. The van der Waals surface area contributed by atoms with E-state index < -0.39 is 0 Å². The van der Waals surface area contributed by atoms with Crippen molar-refractivity contribution in [1.29, 1.82) is 0 Å². The first-order valence-corrected chi connectivity index (χ1v) is 6.80. The topological polar surface area (TPSA) is 77.0 Å². The van der Waals surface area contributed by atoms with Crippen LogP contribution in [-0.4, -0.2) is 43.8 Å². The largest absolute Gasteiger partial charge is 0.343 e. The second-order valence-electron chi connectivity index (χ2n) is 5.05. The maximum atomic E-state index is 12.4. The number of hydrogen-bond acceptors (Lipinski definition) is 5. The van der Waals surface area contributed by atoms with Crippen molar-refractivity contribution in [3.63, 3.8) is 0 Å². The quantitative estimate of drug-likeness (QED) is 0.842. The molecule has 7 nitrogen and oxygen atoms in total. The molecule has 106 valence electrons. The van der Waals surface area contributed by atoms with Gasteiger partial charge in [0, 0.05) is 31.4 Å². The summed E-state index contributed by atoms with van der Waals surface area (Å²) in [7, 11) is 0. The van der Waals surface area contributed by atoms with Gasteiger partial charge in [0.2, 0.25) is 12.3 Å². The SMILES string of the molecule is C[C@H](C(=O)N1CCC(c2ncon2)CC1)n1cccn1. The van der Waals surface area contributed by atoms with E-state index in [1.54, 1.807) is 10.9 Å². The molecular formula is C13H17N5O2. The number of aromatic nitrogens is 4.